The van der Waals surface area contributed by atoms with Crippen LogP contribution in [0, 0.1) is 0 Å². The average Bonchev–Trinajstić information content (AvgIpc) is 3.44. The molecule has 142 valence electrons. The molecule has 8 heteroatoms. The maximum atomic E-state index is 12.2. The van der Waals surface area contributed by atoms with Gasteiger partial charge in [0.05, 0.1) is 12.5 Å². The molecule has 0 fully saturated rings. The van der Waals surface area contributed by atoms with E-state index in [1.54, 1.807) is 38.1 Å². The van der Waals surface area contributed by atoms with Crippen LogP contribution in [0.4, 0.5) is 0 Å². The Morgan fingerprint density at radius 2 is 1.11 bits per heavy atom. The topological polar surface area (TPSA) is 109 Å². The molecule has 0 radical (unpaired) electrons. The molecular formula is C20H18N4O4. The molecule has 0 aliphatic carbocycles. The van der Waals surface area contributed by atoms with E-state index in [1.807, 2.05) is 0 Å². The van der Waals surface area contributed by atoms with Gasteiger partial charge in [-0.25, -0.2) is 10.9 Å². The number of nitrogens with zero attached hydrogens (tertiary/aromatic N) is 2. The molecule has 0 spiro atoms. The highest BCUT2D eigenvalue weighted by molar-refractivity contribution is 6.01. The highest BCUT2D eigenvalue weighted by atomic mass is 16.3. The molecule has 0 saturated heterocycles. The minimum absolute atomic E-state index is 0.364. The number of hydrogen-bond donors (Lipinski definition) is 2. The van der Waals surface area contributed by atoms with Crippen molar-refractivity contribution < 1.29 is 18.4 Å². The normalized spacial score (nSPS) is 11.9. The van der Waals surface area contributed by atoms with Gasteiger partial charge in [0, 0.05) is 11.1 Å². The fourth-order valence-corrected chi connectivity index (χ4v) is 2.25. The third-order valence-electron chi connectivity index (χ3n) is 3.82. The lowest BCUT2D eigenvalue weighted by molar-refractivity contribution is 0.0943. The third kappa shape index (κ3) is 4.61. The van der Waals surface area contributed by atoms with Crippen molar-refractivity contribution >= 4 is 23.2 Å². The summed E-state index contributed by atoms with van der Waals surface area (Å²) in [6.45, 7) is 3.44. The number of carbonyl (C=O) groups is 2. The fourth-order valence-electron chi connectivity index (χ4n) is 2.25. The SMILES string of the molecule is CC(=NNC(=O)c1ccc(C(=O)NN=C(C)c2ccco2)cc1)c1ccco1. The molecule has 0 aliphatic heterocycles. The van der Waals surface area contributed by atoms with E-state index in [4.69, 9.17) is 8.83 Å². The van der Waals surface area contributed by atoms with Gasteiger partial charge in [0.25, 0.3) is 11.8 Å². The monoisotopic (exact) mass is 378 g/mol. The van der Waals surface area contributed by atoms with Gasteiger partial charge in [-0.1, -0.05) is 0 Å². The van der Waals surface area contributed by atoms with Crippen LogP contribution in [0.2, 0.25) is 0 Å². The molecule has 3 rings (SSSR count). The van der Waals surface area contributed by atoms with E-state index in [-0.39, 0.29) is 0 Å². The first kappa shape index (κ1) is 18.8. The Kier molecular flexibility index (Phi) is 5.81. The van der Waals surface area contributed by atoms with Crippen molar-refractivity contribution in [3.8, 4) is 0 Å². The summed E-state index contributed by atoms with van der Waals surface area (Å²) in [6.07, 6.45) is 3.06. The Balaban J connectivity index is 1.59. The second-order valence-electron chi connectivity index (χ2n) is 5.81. The van der Waals surface area contributed by atoms with Crippen LogP contribution in [0.1, 0.15) is 46.1 Å². The van der Waals surface area contributed by atoms with Crippen LogP contribution in [-0.4, -0.2) is 23.2 Å². The van der Waals surface area contributed by atoms with Crippen LogP contribution in [0.5, 0.6) is 0 Å². The number of amides is 2. The molecule has 2 aromatic heterocycles. The van der Waals surface area contributed by atoms with Crippen LogP contribution in [0.15, 0.2) is 80.1 Å². The maximum absolute atomic E-state index is 12.2. The van der Waals surface area contributed by atoms with E-state index in [0.29, 0.717) is 34.1 Å². The van der Waals surface area contributed by atoms with Crippen LogP contribution in [-0.2, 0) is 0 Å². The van der Waals surface area contributed by atoms with Gasteiger partial charge in [-0.05, 0) is 62.4 Å². The third-order valence-corrected chi connectivity index (χ3v) is 3.82. The zero-order valence-electron chi connectivity index (χ0n) is 15.3. The van der Waals surface area contributed by atoms with Gasteiger partial charge in [0.1, 0.15) is 22.9 Å². The number of benzene rings is 1. The summed E-state index contributed by atoms with van der Waals surface area (Å²) < 4.78 is 10.4. The number of nitrogens with one attached hydrogen (secondary N) is 2. The maximum Gasteiger partial charge on any atom is 0.271 e. The summed E-state index contributed by atoms with van der Waals surface area (Å²) in [5.74, 6) is 0.338. The van der Waals surface area contributed by atoms with E-state index in [0.717, 1.165) is 0 Å². The highest BCUT2D eigenvalue weighted by Gasteiger charge is 2.09. The summed E-state index contributed by atoms with van der Waals surface area (Å²) in [6, 6.07) is 13.1. The van der Waals surface area contributed by atoms with E-state index < -0.39 is 11.8 Å². The summed E-state index contributed by atoms with van der Waals surface area (Å²) in [4.78, 5) is 24.3. The van der Waals surface area contributed by atoms with Gasteiger partial charge in [0.2, 0.25) is 0 Å². The lowest BCUT2D eigenvalue weighted by Gasteiger charge is -2.04. The van der Waals surface area contributed by atoms with Crippen LogP contribution < -0.4 is 10.9 Å². The number of carbonyl (C=O) groups excluding carboxylic acids is 2. The van der Waals surface area contributed by atoms with Crippen molar-refractivity contribution in [2.75, 3.05) is 0 Å². The number of hydrogen-bond acceptors (Lipinski definition) is 6. The number of hydrazone groups is 2. The van der Waals surface area contributed by atoms with Gasteiger partial charge in [-0.3, -0.25) is 9.59 Å². The van der Waals surface area contributed by atoms with Gasteiger partial charge < -0.3 is 8.83 Å². The van der Waals surface area contributed by atoms with Gasteiger partial charge in [-0.15, -0.1) is 0 Å². The predicted molar refractivity (Wildman–Crippen MR) is 103 cm³/mol. The molecule has 0 saturated carbocycles. The molecule has 2 heterocycles. The van der Waals surface area contributed by atoms with Crippen molar-refractivity contribution in [2.45, 2.75) is 13.8 Å². The number of rotatable bonds is 6. The molecule has 2 N–H and O–H groups in total. The van der Waals surface area contributed by atoms with E-state index >= 15 is 0 Å². The van der Waals surface area contributed by atoms with Gasteiger partial charge in [0.15, 0.2) is 0 Å². The first-order chi connectivity index (χ1) is 13.5. The lowest BCUT2D eigenvalue weighted by atomic mass is 10.1. The van der Waals surface area contributed by atoms with Gasteiger partial charge in [-0.2, -0.15) is 10.2 Å². The second-order valence-corrected chi connectivity index (χ2v) is 5.81. The van der Waals surface area contributed by atoms with Crippen molar-refractivity contribution in [3.05, 3.63) is 83.7 Å². The van der Waals surface area contributed by atoms with Crippen LogP contribution in [0.3, 0.4) is 0 Å². The first-order valence-electron chi connectivity index (χ1n) is 8.41. The Bertz CT molecular complexity index is 918. The molecular weight excluding hydrogens is 360 g/mol. The van der Waals surface area contributed by atoms with Crippen LogP contribution >= 0.6 is 0 Å². The quantitative estimate of drug-likeness (QED) is 0.507. The molecule has 0 bridgehead atoms. The van der Waals surface area contributed by atoms with E-state index in [1.165, 1.54) is 36.8 Å². The minimum atomic E-state index is -0.399. The lowest BCUT2D eigenvalue weighted by Crippen LogP contribution is -2.21. The zero-order valence-corrected chi connectivity index (χ0v) is 15.3. The summed E-state index contributed by atoms with van der Waals surface area (Å²) >= 11 is 0. The average molecular weight is 378 g/mol. The second kappa shape index (κ2) is 8.63. The fraction of sp³-hybridized carbons (Fsp3) is 0.100. The van der Waals surface area contributed by atoms with E-state index in [2.05, 4.69) is 21.1 Å². The molecule has 0 unspecified atom stereocenters. The predicted octanol–water partition coefficient (Wildman–Crippen LogP) is 3.18. The summed E-state index contributed by atoms with van der Waals surface area (Å²) in [5.41, 5.74) is 6.70. The summed E-state index contributed by atoms with van der Waals surface area (Å²) in [7, 11) is 0. The molecule has 3 aromatic rings. The smallest absolute Gasteiger partial charge is 0.271 e. The van der Waals surface area contributed by atoms with Crippen molar-refractivity contribution in [1.82, 2.24) is 10.9 Å². The van der Waals surface area contributed by atoms with Crippen LogP contribution in [0.25, 0.3) is 0 Å². The summed E-state index contributed by atoms with van der Waals surface area (Å²) in [5, 5.41) is 7.98. The standard InChI is InChI=1S/C20H18N4O4/c1-13(17-5-3-11-27-17)21-23-19(25)15-7-9-16(10-8-15)20(26)24-22-14(2)18-6-4-12-28-18/h3-12H,1-2H3,(H,23,25)(H,24,26). The molecule has 2 amide bonds. The minimum Gasteiger partial charge on any atom is -0.463 e. The van der Waals surface area contributed by atoms with Crippen molar-refractivity contribution in [1.29, 1.82) is 0 Å². The number of furan rings is 2. The first-order valence-corrected chi connectivity index (χ1v) is 8.41. The Hall–Kier alpha value is -3.94. The highest BCUT2D eigenvalue weighted by Crippen LogP contribution is 2.06. The molecule has 8 nitrogen and oxygen atoms in total. The molecule has 0 aliphatic rings. The largest absolute Gasteiger partial charge is 0.463 e. The van der Waals surface area contributed by atoms with Crippen molar-refractivity contribution in [3.63, 3.8) is 0 Å². The Labute approximate surface area is 160 Å². The molecule has 0 atom stereocenters. The Morgan fingerprint density at radius 3 is 1.43 bits per heavy atom. The molecule has 28 heavy (non-hydrogen) atoms. The zero-order chi connectivity index (χ0) is 19.9. The van der Waals surface area contributed by atoms with Crippen molar-refractivity contribution in [2.24, 2.45) is 10.2 Å². The Morgan fingerprint density at radius 1 is 0.714 bits per heavy atom. The van der Waals surface area contributed by atoms with Gasteiger partial charge >= 0.3 is 0 Å². The molecule has 1 aromatic carbocycles. The van der Waals surface area contributed by atoms with E-state index in [9.17, 15) is 9.59 Å².